The van der Waals surface area contributed by atoms with Crippen LogP contribution in [0.15, 0.2) is 0 Å². The summed E-state index contributed by atoms with van der Waals surface area (Å²) in [4.78, 5) is 33.5. The van der Waals surface area contributed by atoms with E-state index in [4.69, 9.17) is 9.47 Å². The largest absolute Gasteiger partial charge is 0.550 e. The number of carbonyl (C=O) groups is 3. The van der Waals surface area contributed by atoms with Crippen molar-refractivity contribution >= 4 is 18.0 Å². The van der Waals surface area contributed by atoms with Crippen LogP contribution in [0.1, 0.15) is 59.3 Å². The molecule has 126 valence electrons. The zero-order valence-corrected chi connectivity index (χ0v) is 13.3. The van der Waals surface area contributed by atoms with Crippen LogP contribution in [0.25, 0.3) is 0 Å². The van der Waals surface area contributed by atoms with Crippen LogP contribution in [0.4, 0.5) is 4.79 Å². The van der Waals surface area contributed by atoms with Gasteiger partial charge in [0.2, 0.25) is 0 Å². The van der Waals surface area contributed by atoms with Gasteiger partial charge in [-0.05, 0) is 46.5 Å². The standard InChI is InChI=1S/C15H25NO6/c1-15(2,3)22-14(20)16-10-7-8-11(9-10)21-13(19)6-4-5-12(17)18/h10-11H,4-9H2,1-3H3,(H,16,20)(H,17,18)/p-1/t10-,11+/m0/s1. The summed E-state index contributed by atoms with van der Waals surface area (Å²) in [7, 11) is 0. The third-order valence-corrected chi connectivity index (χ3v) is 3.17. The fraction of sp³-hybridized carbons (Fsp3) is 0.800. The van der Waals surface area contributed by atoms with Gasteiger partial charge in [0, 0.05) is 24.9 Å². The molecule has 0 aromatic heterocycles. The Morgan fingerprint density at radius 3 is 2.45 bits per heavy atom. The lowest BCUT2D eigenvalue weighted by atomic mass is 10.2. The summed E-state index contributed by atoms with van der Waals surface area (Å²) in [6, 6.07) is -0.0733. The maximum absolute atomic E-state index is 11.6. The summed E-state index contributed by atoms with van der Waals surface area (Å²) in [5, 5.41) is 13.0. The van der Waals surface area contributed by atoms with Crippen LogP contribution >= 0.6 is 0 Å². The molecule has 22 heavy (non-hydrogen) atoms. The van der Waals surface area contributed by atoms with Crippen LogP contribution in [0.2, 0.25) is 0 Å². The van der Waals surface area contributed by atoms with Crippen molar-refractivity contribution in [1.29, 1.82) is 0 Å². The second kappa shape index (κ2) is 8.00. The van der Waals surface area contributed by atoms with Crippen LogP contribution in [-0.2, 0) is 19.1 Å². The van der Waals surface area contributed by atoms with Gasteiger partial charge >= 0.3 is 12.1 Å². The topological polar surface area (TPSA) is 105 Å². The molecule has 1 fully saturated rings. The number of carboxylic acid groups (broad SMARTS) is 1. The van der Waals surface area contributed by atoms with Crippen molar-refractivity contribution in [2.24, 2.45) is 0 Å². The molecular weight excluding hydrogens is 290 g/mol. The Hall–Kier alpha value is -1.79. The average Bonchev–Trinajstić information content (AvgIpc) is 2.72. The number of esters is 1. The molecule has 1 amide bonds. The van der Waals surface area contributed by atoms with E-state index in [0.29, 0.717) is 12.8 Å². The van der Waals surface area contributed by atoms with Crippen LogP contribution in [0.3, 0.4) is 0 Å². The minimum Gasteiger partial charge on any atom is -0.550 e. The summed E-state index contributed by atoms with van der Waals surface area (Å²) < 4.78 is 10.4. The monoisotopic (exact) mass is 314 g/mol. The minimum atomic E-state index is -1.17. The third kappa shape index (κ3) is 7.85. The Labute approximate surface area is 130 Å². The molecular formula is C15H24NO6-. The van der Waals surface area contributed by atoms with Crippen LogP contribution in [-0.4, -0.2) is 35.8 Å². The van der Waals surface area contributed by atoms with Crippen LogP contribution in [0.5, 0.6) is 0 Å². The Balaban J connectivity index is 2.24. The lowest BCUT2D eigenvalue weighted by molar-refractivity contribution is -0.305. The van der Waals surface area contributed by atoms with E-state index in [1.165, 1.54) is 0 Å². The average molecular weight is 314 g/mol. The molecule has 7 nitrogen and oxygen atoms in total. The van der Waals surface area contributed by atoms with Gasteiger partial charge in [-0.1, -0.05) is 0 Å². The second-order valence-corrected chi connectivity index (χ2v) is 6.49. The molecule has 0 heterocycles. The molecule has 0 spiro atoms. The predicted octanol–water partition coefficient (Wildman–Crippen LogP) is 0.896. The van der Waals surface area contributed by atoms with Crippen molar-refractivity contribution in [2.45, 2.75) is 77.0 Å². The first kappa shape index (κ1) is 18.3. The highest BCUT2D eigenvalue weighted by molar-refractivity contribution is 5.71. The quantitative estimate of drug-likeness (QED) is 0.730. The first-order valence-electron chi connectivity index (χ1n) is 7.54. The molecule has 1 rings (SSSR count). The number of amides is 1. The molecule has 2 atom stereocenters. The number of hydrogen-bond acceptors (Lipinski definition) is 6. The van der Waals surface area contributed by atoms with E-state index in [2.05, 4.69) is 5.32 Å². The number of carbonyl (C=O) groups excluding carboxylic acids is 3. The van der Waals surface area contributed by atoms with Crippen molar-refractivity contribution in [3.8, 4) is 0 Å². The number of hydrogen-bond donors (Lipinski definition) is 1. The fourth-order valence-corrected chi connectivity index (χ4v) is 2.27. The number of nitrogens with one attached hydrogen (secondary N) is 1. The highest BCUT2D eigenvalue weighted by Crippen LogP contribution is 2.23. The number of ether oxygens (including phenoxy) is 2. The van der Waals surface area contributed by atoms with Gasteiger partial charge in [0.1, 0.15) is 11.7 Å². The minimum absolute atomic E-state index is 0.0641. The summed E-state index contributed by atoms with van der Waals surface area (Å²) in [6.45, 7) is 5.37. The van der Waals surface area contributed by atoms with E-state index in [1.54, 1.807) is 20.8 Å². The van der Waals surface area contributed by atoms with Gasteiger partial charge in [-0.15, -0.1) is 0 Å². The summed E-state index contributed by atoms with van der Waals surface area (Å²) in [6.07, 6.45) is 1.35. The SMILES string of the molecule is CC(C)(C)OC(=O)N[C@H]1CC[C@@H](OC(=O)CCCC(=O)[O-])C1. The van der Waals surface area contributed by atoms with Crippen molar-refractivity contribution in [2.75, 3.05) is 0 Å². The molecule has 1 aliphatic rings. The lowest BCUT2D eigenvalue weighted by Gasteiger charge is -2.21. The van der Waals surface area contributed by atoms with E-state index in [1.807, 2.05) is 0 Å². The molecule has 0 aromatic rings. The molecule has 1 saturated carbocycles. The molecule has 7 heteroatoms. The van der Waals surface area contributed by atoms with E-state index < -0.39 is 23.6 Å². The van der Waals surface area contributed by atoms with Crippen LogP contribution < -0.4 is 10.4 Å². The Morgan fingerprint density at radius 1 is 1.18 bits per heavy atom. The smallest absolute Gasteiger partial charge is 0.407 e. The first-order valence-corrected chi connectivity index (χ1v) is 7.54. The van der Waals surface area contributed by atoms with Gasteiger partial charge < -0.3 is 24.7 Å². The Kier molecular flexibility index (Phi) is 6.64. The number of carboxylic acids is 1. The van der Waals surface area contributed by atoms with Crippen molar-refractivity contribution in [1.82, 2.24) is 5.32 Å². The maximum Gasteiger partial charge on any atom is 0.407 e. The second-order valence-electron chi connectivity index (χ2n) is 6.49. The molecule has 0 radical (unpaired) electrons. The normalized spacial score (nSPS) is 21.2. The highest BCUT2D eigenvalue weighted by atomic mass is 16.6. The molecule has 0 aromatic carbocycles. The van der Waals surface area contributed by atoms with E-state index in [9.17, 15) is 19.5 Å². The van der Waals surface area contributed by atoms with Gasteiger partial charge in [-0.3, -0.25) is 4.79 Å². The van der Waals surface area contributed by atoms with Crippen molar-refractivity contribution in [3.63, 3.8) is 0 Å². The lowest BCUT2D eigenvalue weighted by Crippen LogP contribution is -2.38. The highest BCUT2D eigenvalue weighted by Gasteiger charge is 2.29. The number of aliphatic carboxylic acids is 1. The van der Waals surface area contributed by atoms with Gasteiger partial charge in [-0.2, -0.15) is 0 Å². The van der Waals surface area contributed by atoms with Gasteiger partial charge in [0.15, 0.2) is 0 Å². The zero-order chi connectivity index (χ0) is 16.8. The summed E-state index contributed by atoms with van der Waals surface area (Å²) in [5.74, 6) is -1.58. The molecule has 1 N–H and O–H groups in total. The van der Waals surface area contributed by atoms with Crippen molar-refractivity contribution in [3.05, 3.63) is 0 Å². The molecule has 0 bridgehead atoms. The Bertz CT molecular complexity index is 415. The van der Waals surface area contributed by atoms with Crippen LogP contribution in [0, 0.1) is 0 Å². The molecule has 0 aliphatic heterocycles. The molecule has 1 aliphatic carbocycles. The van der Waals surface area contributed by atoms with E-state index in [0.717, 1.165) is 6.42 Å². The van der Waals surface area contributed by atoms with E-state index >= 15 is 0 Å². The molecule has 0 saturated heterocycles. The van der Waals surface area contributed by atoms with Crippen molar-refractivity contribution < 1.29 is 29.0 Å². The predicted molar refractivity (Wildman–Crippen MR) is 75.7 cm³/mol. The van der Waals surface area contributed by atoms with Gasteiger partial charge in [0.05, 0.1) is 0 Å². The first-order chi connectivity index (χ1) is 10.2. The summed E-state index contributed by atoms with van der Waals surface area (Å²) >= 11 is 0. The number of alkyl carbamates (subject to hydrolysis) is 1. The number of rotatable bonds is 6. The Morgan fingerprint density at radius 2 is 1.86 bits per heavy atom. The molecule has 0 unspecified atom stereocenters. The summed E-state index contributed by atoms with van der Waals surface area (Å²) in [5.41, 5.74) is -0.548. The third-order valence-electron chi connectivity index (χ3n) is 3.17. The van der Waals surface area contributed by atoms with Gasteiger partial charge in [0.25, 0.3) is 0 Å². The zero-order valence-electron chi connectivity index (χ0n) is 13.3. The fourth-order valence-electron chi connectivity index (χ4n) is 2.27. The maximum atomic E-state index is 11.6. The van der Waals surface area contributed by atoms with Gasteiger partial charge in [-0.25, -0.2) is 4.79 Å². The van der Waals surface area contributed by atoms with E-state index in [-0.39, 0.29) is 31.4 Å².